The zero-order valence-corrected chi connectivity index (χ0v) is 11.3. The third kappa shape index (κ3) is 4.28. The highest BCUT2D eigenvalue weighted by Crippen LogP contribution is 2.16. The summed E-state index contributed by atoms with van der Waals surface area (Å²) in [6.07, 6.45) is 3.01. The highest BCUT2D eigenvalue weighted by Gasteiger charge is 2.13. The fourth-order valence-electron chi connectivity index (χ4n) is 1.69. The Morgan fingerprint density at radius 2 is 1.89 bits per heavy atom. The van der Waals surface area contributed by atoms with E-state index in [0.29, 0.717) is 12.2 Å². The summed E-state index contributed by atoms with van der Waals surface area (Å²) < 4.78 is 0. The molecule has 0 aromatic heterocycles. The van der Waals surface area contributed by atoms with Crippen LogP contribution in [0.25, 0.3) is 0 Å². The van der Waals surface area contributed by atoms with Crippen molar-refractivity contribution in [3.05, 3.63) is 24.3 Å². The smallest absolute Gasteiger partial charge is 0.321 e. The number of anilines is 2. The van der Waals surface area contributed by atoms with Crippen molar-refractivity contribution in [2.75, 3.05) is 23.7 Å². The van der Waals surface area contributed by atoms with Crippen LogP contribution < -0.4 is 16.0 Å². The summed E-state index contributed by atoms with van der Waals surface area (Å²) in [6.45, 7) is 5.60. The monoisotopic (exact) mass is 249 g/mol. The molecule has 0 saturated heterocycles. The van der Waals surface area contributed by atoms with Crippen LogP contribution in [0.1, 0.15) is 33.1 Å². The molecule has 0 heterocycles. The van der Waals surface area contributed by atoms with Gasteiger partial charge in [0.2, 0.25) is 0 Å². The van der Waals surface area contributed by atoms with E-state index in [4.69, 9.17) is 5.73 Å². The number of benzene rings is 1. The van der Waals surface area contributed by atoms with Gasteiger partial charge in [-0.25, -0.2) is 4.79 Å². The van der Waals surface area contributed by atoms with E-state index in [1.165, 1.54) is 0 Å². The van der Waals surface area contributed by atoms with Gasteiger partial charge in [-0.15, -0.1) is 0 Å². The van der Waals surface area contributed by atoms with Crippen molar-refractivity contribution < 1.29 is 4.79 Å². The number of urea groups is 1. The number of amides is 2. The maximum absolute atomic E-state index is 12.1. The number of nitrogen functional groups attached to an aromatic ring is 1. The van der Waals surface area contributed by atoms with Crippen LogP contribution in [-0.4, -0.2) is 19.1 Å². The molecule has 0 unspecified atom stereocenters. The summed E-state index contributed by atoms with van der Waals surface area (Å²) in [5.74, 6) is 0. The summed E-state index contributed by atoms with van der Waals surface area (Å²) in [5.41, 5.74) is 7.25. The van der Waals surface area contributed by atoms with E-state index in [2.05, 4.69) is 19.2 Å². The Balaban J connectivity index is 2.69. The normalized spacial score (nSPS) is 10.1. The fourth-order valence-corrected chi connectivity index (χ4v) is 1.69. The van der Waals surface area contributed by atoms with Crippen LogP contribution in [0, 0.1) is 0 Å². The number of unbranched alkanes of at least 4 members (excludes halogenated alkanes) is 1. The second-order valence-corrected chi connectivity index (χ2v) is 4.33. The van der Waals surface area contributed by atoms with Crippen LogP contribution in [-0.2, 0) is 0 Å². The summed E-state index contributed by atoms with van der Waals surface area (Å²) in [6, 6.07) is 7.36. The van der Waals surface area contributed by atoms with Crippen molar-refractivity contribution in [2.24, 2.45) is 0 Å². The second-order valence-electron chi connectivity index (χ2n) is 4.33. The predicted octanol–water partition coefficient (Wildman–Crippen LogP) is 2.99. The molecule has 0 radical (unpaired) electrons. The Bertz CT molecular complexity index is 362. The maximum Gasteiger partial charge on any atom is 0.321 e. The molecule has 0 atom stereocenters. The molecule has 0 bridgehead atoms. The zero-order chi connectivity index (χ0) is 13.4. The van der Waals surface area contributed by atoms with Gasteiger partial charge in [-0.05, 0) is 37.1 Å². The lowest BCUT2D eigenvalue weighted by atomic mass is 10.2. The van der Waals surface area contributed by atoms with Gasteiger partial charge in [0.05, 0.1) is 0 Å². The van der Waals surface area contributed by atoms with Crippen LogP contribution in [0.2, 0.25) is 0 Å². The average molecular weight is 249 g/mol. The van der Waals surface area contributed by atoms with Crippen LogP contribution in [0.3, 0.4) is 0 Å². The Morgan fingerprint density at radius 3 is 2.44 bits per heavy atom. The number of carbonyl (C=O) groups excluding carboxylic acids is 1. The van der Waals surface area contributed by atoms with Gasteiger partial charge < -0.3 is 11.1 Å². The van der Waals surface area contributed by atoms with Gasteiger partial charge in [0, 0.05) is 24.5 Å². The van der Waals surface area contributed by atoms with Crippen molar-refractivity contribution in [1.29, 1.82) is 0 Å². The summed E-state index contributed by atoms with van der Waals surface area (Å²) >= 11 is 0. The quantitative estimate of drug-likeness (QED) is 0.601. The number of nitrogens with two attached hydrogens (primary N) is 1. The number of hydrogen-bond donors (Lipinski definition) is 2. The third-order valence-electron chi connectivity index (χ3n) is 2.70. The molecule has 1 rings (SSSR count). The van der Waals surface area contributed by atoms with E-state index in [0.717, 1.165) is 31.5 Å². The fraction of sp³-hybridized carbons (Fsp3) is 0.500. The van der Waals surface area contributed by atoms with Crippen LogP contribution in [0.4, 0.5) is 16.2 Å². The van der Waals surface area contributed by atoms with E-state index in [1.807, 2.05) is 24.3 Å². The Labute approximate surface area is 109 Å². The molecule has 0 aliphatic carbocycles. The lowest BCUT2D eigenvalue weighted by Crippen LogP contribution is -2.40. The summed E-state index contributed by atoms with van der Waals surface area (Å²) in [4.78, 5) is 13.8. The summed E-state index contributed by atoms with van der Waals surface area (Å²) in [7, 11) is 0. The lowest BCUT2D eigenvalue weighted by Gasteiger charge is -2.22. The minimum Gasteiger partial charge on any atom is -0.399 e. The van der Waals surface area contributed by atoms with Crippen LogP contribution in [0.15, 0.2) is 24.3 Å². The number of rotatable bonds is 6. The molecule has 2 amide bonds. The van der Waals surface area contributed by atoms with Gasteiger partial charge in [0.15, 0.2) is 0 Å². The maximum atomic E-state index is 12.1. The molecule has 100 valence electrons. The molecular weight excluding hydrogens is 226 g/mol. The SMILES string of the molecule is CCCCNC(=O)N(CCC)c1ccc(N)cc1. The van der Waals surface area contributed by atoms with E-state index in [9.17, 15) is 4.79 Å². The van der Waals surface area contributed by atoms with E-state index < -0.39 is 0 Å². The topological polar surface area (TPSA) is 58.4 Å². The molecule has 0 fully saturated rings. The molecular formula is C14H23N3O. The standard InChI is InChI=1S/C14H23N3O/c1-3-5-10-16-14(18)17(11-4-2)13-8-6-12(15)7-9-13/h6-9H,3-5,10-11,15H2,1-2H3,(H,16,18). The molecule has 1 aromatic carbocycles. The van der Waals surface area contributed by atoms with Gasteiger partial charge in [-0.2, -0.15) is 0 Å². The molecule has 0 saturated carbocycles. The number of nitrogens with one attached hydrogen (secondary N) is 1. The van der Waals surface area contributed by atoms with Gasteiger partial charge in [-0.3, -0.25) is 4.90 Å². The number of hydrogen-bond acceptors (Lipinski definition) is 2. The Hall–Kier alpha value is -1.71. The molecule has 0 aliphatic rings. The first-order valence-corrected chi connectivity index (χ1v) is 6.60. The highest BCUT2D eigenvalue weighted by atomic mass is 16.2. The summed E-state index contributed by atoms with van der Waals surface area (Å²) in [5, 5.41) is 2.94. The molecule has 4 heteroatoms. The molecule has 1 aromatic rings. The van der Waals surface area contributed by atoms with Crippen molar-refractivity contribution in [2.45, 2.75) is 33.1 Å². The second kappa shape index (κ2) is 7.58. The van der Waals surface area contributed by atoms with Crippen LogP contribution >= 0.6 is 0 Å². The predicted molar refractivity (Wildman–Crippen MR) is 76.8 cm³/mol. The number of carbonyl (C=O) groups is 1. The van der Waals surface area contributed by atoms with Crippen molar-refractivity contribution in [1.82, 2.24) is 5.32 Å². The minimum absolute atomic E-state index is 0.0323. The number of nitrogens with zero attached hydrogens (tertiary/aromatic N) is 1. The first-order chi connectivity index (χ1) is 8.69. The first-order valence-electron chi connectivity index (χ1n) is 6.60. The molecule has 3 N–H and O–H groups in total. The van der Waals surface area contributed by atoms with Gasteiger partial charge in [-0.1, -0.05) is 20.3 Å². The van der Waals surface area contributed by atoms with Crippen molar-refractivity contribution in [3.63, 3.8) is 0 Å². The van der Waals surface area contributed by atoms with Crippen molar-refractivity contribution >= 4 is 17.4 Å². The molecule has 0 aliphatic heterocycles. The van der Waals surface area contributed by atoms with Gasteiger partial charge in [0.25, 0.3) is 0 Å². The van der Waals surface area contributed by atoms with Crippen molar-refractivity contribution in [3.8, 4) is 0 Å². The van der Waals surface area contributed by atoms with E-state index in [1.54, 1.807) is 4.90 Å². The van der Waals surface area contributed by atoms with E-state index in [-0.39, 0.29) is 6.03 Å². The zero-order valence-electron chi connectivity index (χ0n) is 11.3. The van der Waals surface area contributed by atoms with Gasteiger partial charge in [0.1, 0.15) is 0 Å². The molecule has 0 spiro atoms. The van der Waals surface area contributed by atoms with E-state index >= 15 is 0 Å². The third-order valence-corrected chi connectivity index (χ3v) is 2.70. The average Bonchev–Trinajstić information content (AvgIpc) is 2.37. The Kier molecular flexibility index (Phi) is 6.05. The minimum atomic E-state index is -0.0323. The van der Waals surface area contributed by atoms with Crippen LogP contribution in [0.5, 0.6) is 0 Å². The first kappa shape index (κ1) is 14.4. The van der Waals surface area contributed by atoms with Gasteiger partial charge >= 0.3 is 6.03 Å². The molecule has 4 nitrogen and oxygen atoms in total. The highest BCUT2D eigenvalue weighted by molar-refractivity contribution is 5.92. The Morgan fingerprint density at radius 1 is 1.22 bits per heavy atom. The molecule has 18 heavy (non-hydrogen) atoms. The largest absolute Gasteiger partial charge is 0.399 e. The lowest BCUT2D eigenvalue weighted by molar-refractivity contribution is 0.246.